The van der Waals surface area contributed by atoms with Crippen molar-refractivity contribution in [3.63, 3.8) is 0 Å². The Bertz CT molecular complexity index is 1270. The van der Waals surface area contributed by atoms with E-state index in [0.717, 1.165) is 0 Å². The maximum Gasteiger partial charge on any atom is 0.349 e. The number of hydrogen-bond donors (Lipinski definition) is 1. The summed E-state index contributed by atoms with van der Waals surface area (Å²) in [6.45, 7) is -0.353. The van der Waals surface area contributed by atoms with Gasteiger partial charge in [-0.05, 0) is 35.9 Å². The average Bonchev–Trinajstić information content (AvgIpc) is 2.77. The quantitative estimate of drug-likeness (QED) is 0.448. The molecular formula is C24H16ClFN2O4. The third-order valence-electron chi connectivity index (χ3n) is 4.79. The fourth-order valence-electron chi connectivity index (χ4n) is 3.39. The fourth-order valence-corrected chi connectivity index (χ4v) is 3.58. The smallest absolute Gasteiger partial charge is 0.349 e. The minimum absolute atomic E-state index is 0.0974. The van der Waals surface area contributed by atoms with Crippen molar-refractivity contribution in [2.45, 2.75) is 5.92 Å². The SMILES string of the molecule is N#CC1=C(N)Oc2cc(OC(=O)COc3ccccc3Cl)ccc2C1c1cccc(F)c1. The summed E-state index contributed by atoms with van der Waals surface area (Å²) in [5.41, 5.74) is 7.26. The molecule has 1 aliphatic rings. The third-order valence-corrected chi connectivity index (χ3v) is 5.10. The number of nitriles is 1. The molecule has 1 aliphatic heterocycles. The summed E-state index contributed by atoms with van der Waals surface area (Å²) < 4.78 is 30.1. The van der Waals surface area contributed by atoms with Crippen molar-refractivity contribution < 1.29 is 23.4 Å². The highest BCUT2D eigenvalue weighted by Gasteiger charge is 2.31. The van der Waals surface area contributed by atoms with Crippen LogP contribution >= 0.6 is 11.6 Å². The zero-order valence-electron chi connectivity index (χ0n) is 16.5. The number of rotatable bonds is 5. The summed E-state index contributed by atoms with van der Waals surface area (Å²) in [5.74, 6) is -0.942. The second-order valence-electron chi connectivity index (χ2n) is 6.87. The molecule has 0 saturated carbocycles. The molecule has 6 nitrogen and oxygen atoms in total. The number of esters is 1. The van der Waals surface area contributed by atoms with E-state index >= 15 is 0 Å². The average molecular weight is 451 g/mol. The van der Waals surface area contributed by atoms with Crippen molar-refractivity contribution in [1.82, 2.24) is 0 Å². The van der Waals surface area contributed by atoms with E-state index in [9.17, 15) is 14.4 Å². The number of allylic oxidation sites excluding steroid dienone is 1. The van der Waals surface area contributed by atoms with E-state index in [1.165, 1.54) is 18.2 Å². The first-order chi connectivity index (χ1) is 15.5. The van der Waals surface area contributed by atoms with E-state index in [2.05, 4.69) is 0 Å². The second kappa shape index (κ2) is 9.00. The van der Waals surface area contributed by atoms with Gasteiger partial charge >= 0.3 is 5.97 Å². The van der Waals surface area contributed by atoms with Gasteiger partial charge in [0.05, 0.1) is 10.9 Å². The summed E-state index contributed by atoms with van der Waals surface area (Å²) in [7, 11) is 0. The van der Waals surface area contributed by atoms with Crippen LogP contribution < -0.4 is 19.9 Å². The molecule has 8 heteroatoms. The van der Waals surface area contributed by atoms with Gasteiger partial charge in [0.1, 0.15) is 34.7 Å². The molecule has 1 atom stereocenters. The number of nitrogens with zero attached hydrogens (tertiary/aromatic N) is 1. The zero-order valence-corrected chi connectivity index (χ0v) is 17.3. The molecule has 1 heterocycles. The van der Waals surface area contributed by atoms with Crippen LogP contribution in [0.2, 0.25) is 5.02 Å². The predicted molar refractivity (Wildman–Crippen MR) is 115 cm³/mol. The van der Waals surface area contributed by atoms with Gasteiger partial charge in [-0.1, -0.05) is 41.9 Å². The van der Waals surface area contributed by atoms with E-state index < -0.39 is 17.7 Å². The highest BCUT2D eigenvalue weighted by atomic mass is 35.5. The molecule has 3 aromatic carbocycles. The van der Waals surface area contributed by atoms with Crippen LogP contribution in [0.4, 0.5) is 4.39 Å². The Kier molecular flexibility index (Phi) is 5.97. The van der Waals surface area contributed by atoms with Crippen molar-refractivity contribution in [2.24, 2.45) is 5.73 Å². The van der Waals surface area contributed by atoms with E-state index in [0.29, 0.717) is 27.6 Å². The molecular weight excluding hydrogens is 435 g/mol. The van der Waals surface area contributed by atoms with Crippen molar-refractivity contribution in [1.29, 1.82) is 5.26 Å². The topological polar surface area (TPSA) is 94.6 Å². The Balaban J connectivity index is 1.56. The lowest BCUT2D eigenvalue weighted by Crippen LogP contribution is -2.21. The van der Waals surface area contributed by atoms with Crippen LogP contribution in [0.5, 0.6) is 17.2 Å². The van der Waals surface area contributed by atoms with Gasteiger partial charge in [-0.15, -0.1) is 0 Å². The molecule has 0 radical (unpaired) electrons. The molecule has 160 valence electrons. The molecule has 0 spiro atoms. The number of benzene rings is 3. The molecule has 4 rings (SSSR count). The van der Waals surface area contributed by atoms with Gasteiger partial charge in [0.25, 0.3) is 0 Å². The molecule has 0 amide bonds. The number of fused-ring (bicyclic) bond motifs is 1. The minimum atomic E-state index is -0.649. The van der Waals surface area contributed by atoms with Crippen molar-refractivity contribution in [3.05, 3.63) is 100 Å². The van der Waals surface area contributed by atoms with E-state index in [-0.39, 0.29) is 23.8 Å². The molecule has 0 saturated heterocycles. The van der Waals surface area contributed by atoms with Gasteiger partial charge in [0.2, 0.25) is 5.88 Å². The summed E-state index contributed by atoms with van der Waals surface area (Å²) in [6.07, 6.45) is 0. The van der Waals surface area contributed by atoms with Gasteiger partial charge in [-0.25, -0.2) is 9.18 Å². The van der Waals surface area contributed by atoms with Crippen molar-refractivity contribution in [3.8, 4) is 23.3 Å². The molecule has 1 unspecified atom stereocenters. The summed E-state index contributed by atoms with van der Waals surface area (Å²) in [6, 6.07) is 19.4. The first kappa shape index (κ1) is 21.2. The Hall–Kier alpha value is -4.02. The number of nitrogens with two attached hydrogens (primary N) is 1. The predicted octanol–water partition coefficient (Wildman–Crippen LogP) is 4.68. The summed E-state index contributed by atoms with van der Waals surface area (Å²) in [4.78, 5) is 12.2. The van der Waals surface area contributed by atoms with Crippen molar-refractivity contribution >= 4 is 17.6 Å². The Morgan fingerprint density at radius 3 is 2.72 bits per heavy atom. The number of para-hydroxylation sites is 1. The summed E-state index contributed by atoms with van der Waals surface area (Å²) in [5, 5.41) is 9.96. The highest BCUT2D eigenvalue weighted by molar-refractivity contribution is 6.32. The first-order valence-electron chi connectivity index (χ1n) is 9.51. The minimum Gasteiger partial charge on any atom is -0.480 e. The number of hydrogen-bond acceptors (Lipinski definition) is 6. The largest absolute Gasteiger partial charge is 0.480 e. The van der Waals surface area contributed by atoms with Crippen LogP contribution in [-0.4, -0.2) is 12.6 Å². The van der Waals surface area contributed by atoms with Gasteiger partial charge in [-0.2, -0.15) is 5.26 Å². The zero-order chi connectivity index (χ0) is 22.7. The molecule has 0 bridgehead atoms. The number of carbonyl (C=O) groups is 1. The maximum absolute atomic E-state index is 13.8. The van der Waals surface area contributed by atoms with Crippen LogP contribution in [0.3, 0.4) is 0 Å². The lowest BCUT2D eigenvalue weighted by atomic mass is 9.83. The van der Waals surface area contributed by atoms with E-state index in [1.54, 1.807) is 48.5 Å². The van der Waals surface area contributed by atoms with Crippen LogP contribution in [0.25, 0.3) is 0 Å². The van der Waals surface area contributed by atoms with Gasteiger partial charge in [-0.3, -0.25) is 0 Å². The maximum atomic E-state index is 13.8. The van der Waals surface area contributed by atoms with E-state index in [1.807, 2.05) is 6.07 Å². The number of carbonyl (C=O) groups excluding carboxylic acids is 1. The first-order valence-corrected chi connectivity index (χ1v) is 9.89. The van der Waals surface area contributed by atoms with Gasteiger partial charge in [0.15, 0.2) is 6.61 Å². The van der Waals surface area contributed by atoms with Crippen LogP contribution in [0.1, 0.15) is 17.0 Å². The number of halogens is 2. The molecule has 32 heavy (non-hydrogen) atoms. The normalized spacial score (nSPS) is 14.7. The molecule has 0 aromatic heterocycles. The van der Waals surface area contributed by atoms with Gasteiger partial charge < -0.3 is 19.9 Å². The van der Waals surface area contributed by atoms with Gasteiger partial charge in [0, 0.05) is 11.6 Å². The Morgan fingerprint density at radius 1 is 1.16 bits per heavy atom. The Morgan fingerprint density at radius 2 is 1.97 bits per heavy atom. The monoisotopic (exact) mass is 450 g/mol. The van der Waals surface area contributed by atoms with E-state index in [4.69, 9.17) is 31.5 Å². The second-order valence-corrected chi connectivity index (χ2v) is 7.28. The molecule has 3 aromatic rings. The fraction of sp³-hybridized carbons (Fsp3) is 0.0833. The standard InChI is InChI=1S/C24H16ClFN2O4/c25-19-6-1-2-7-20(19)30-13-22(29)31-16-8-9-17-21(11-16)32-24(28)18(12-27)23(17)14-4-3-5-15(26)10-14/h1-11,23H,13,28H2. The highest BCUT2D eigenvalue weighted by Crippen LogP contribution is 2.43. The lowest BCUT2D eigenvalue weighted by Gasteiger charge is -2.26. The molecule has 0 fully saturated rings. The van der Waals surface area contributed by atoms with Crippen LogP contribution in [0, 0.1) is 17.1 Å². The van der Waals surface area contributed by atoms with Crippen LogP contribution in [0.15, 0.2) is 78.2 Å². The van der Waals surface area contributed by atoms with Crippen LogP contribution in [-0.2, 0) is 4.79 Å². The summed E-state index contributed by atoms with van der Waals surface area (Å²) >= 11 is 6.00. The molecule has 2 N–H and O–H groups in total. The number of ether oxygens (including phenoxy) is 3. The molecule has 0 aliphatic carbocycles. The lowest BCUT2D eigenvalue weighted by molar-refractivity contribution is -0.136. The Labute approximate surface area is 188 Å². The van der Waals surface area contributed by atoms with Crippen molar-refractivity contribution in [2.75, 3.05) is 6.61 Å². The third kappa shape index (κ3) is 4.36.